The molecule has 0 aromatic carbocycles. The van der Waals surface area contributed by atoms with E-state index in [0.29, 0.717) is 43.7 Å². The zero-order valence-corrected chi connectivity index (χ0v) is 16.2. The third-order valence-electron chi connectivity index (χ3n) is 3.51. The number of nitrogens with one attached hydrogen (secondary N) is 1. The van der Waals surface area contributed by atoms with E-state index in [4.69, 9.17) is 14.2 Å². The van der Waals surface area contributed by atoms with Gasteiger partial charge in [-0.05, 0) is 36.4 Å². The molecule has 2 rings (SSSR count). The molecule has 0 aliphatic heterocycles. The van der Waals surface area contributed by atoms with Crippen LogP contribution in [0.5, 0.6) is 5.88 Å². The highest BCUT2D eigenvalue weighted by atomic mass is 19.1. The van der Waals surface area contributed by atoms with E-state index >= 15 is 0 Å². The van der Waals surface area contributed by atoms with Gasteiger partial charge in [-0.3, -0.25) is 10.3 Å². The maximum Gasteiger partial charge on any atom is 0.411 e. The number of ether oxygens (including phenoxy) is 4. The molecular weight excluding hydrogens is 381 g/mol. The highest BCUT2D eigenvalue weighted by Gasteiger charge is 2.03. The number of methoxy groups -OCH3 is 1. The zero-order chi connectivity index (χ0) is 20.7. The summed E-state index contributed by atoms with van der Waals surface area (Å²) < 4.78 is 32.4. The number of hydrogen-bond donors (Lipinski definition) is 1. The number of nitrogens with zero attached hydrogens (tertiary/aromatic N) is 2. The third kappa shape index (κ3) is 8.67. The van der Waals surface area contributed by atoms with Crippen LogP contribution in [-0.2, 0) is 14.2 Å². The van der Waals surface area contributed by atoms with E-state index in [1.54, 1.807) is 18.3 Å². The molecule has 0 fully saturated rings. The molecule has 0 spiro atoms. The van der Waals surface area contributed by atoms with E-state index in [1.807, 2.05) is 24.3 Å². The van der Waals surface area contributed by atoms with Gasteiger partial charge in [0, 0.05) is 11.8 Å². The number of aromatic nitrogens is 2. The maximum atomic E-state index is 11.9. The summed E-state index contributed by atoms with van der Waals surface area (Å²) in [6.07, 6.45) is 6.27. The van der Waals surface area contributed by atoms with Gasteiger partial charge in [-0.25, -0.2) is 14.2 Å². The van der Waals surface area contributed by atoms with Crippen molar-refractivity contribution in [2.45, 2.75) is 0 Å². The Morgan fingerprint density at radius 1 is 1.07 bits per heavy atom. The molecule has 2 aromatic heterocycles. The third-order valence-corrected chi connectivity index (χ3v) is 3.51. The normalized spacial score (nSPS) is 10.8. The summed E-state index contributed by atoms with van der Waals surface area (Å²) in [6, 6.07) is 7.16. The van der Waals surface area contributed by atoms with E-state index in [2.05, 4.69) is 20.0 Å². The van der Waals surface area contributed by atoms with Gasteiger partial charge in [-0.2, -0.15) is 0 Å². The van der Waals surface area contributed by atoms with E-state index in [1.165, 1.54) is 13.3 Å². The topological polar surface area (TPSA) is 91.8 Å². The molecule has 0 bridgehead atoms. The fourth-order valence-corrected chi connectivity index (χ4v) is 2.15. The molecule has 2 heterocycles. The molecule has 8 nitrogen and oxygen atoms in total. The van der Waals surface area contributed by atoms with Crippen molar-refractivity contribution in [2.75, 3.05) is 52.1 Å². The van der Waals surface area contributed by atoms with Gasteiger partial charge >= 0.3 is 6.09 Å². The second kappa shape index (κ2) is 13.2. The minimum atomic E-state index is -0.552. The van der Waals surface area contributed by atoms with Crippen molar-refractivity contribution in [2.24, 2.45) is 0 Å². The van der Waals surface area contributed by atoms with Crippen molar-refractivity contribution in [3.63, 3.8) is 0 Å². The number of anilines is 1. The van der Waals surface area contributed by atoms with Gasteiger partial charge in [0.1, 0.15) is 13.3 Å². The lowest BCUT2D eigenvalue weighted by Crippen LogP contribution is -2.12. The lowest BCUT2D eigenvalue weighted by Gasteiger charge is -2.08. The molecule has 0 saturated carbocycles. The van der Waals surface area contributed by atoms with E-state index in [0.717, 1.165) is 5.56 Å². The van der Waals surface area contributed by atoms with Crippen LogP contribution in [0.1, 0.15) is 11.3 Å². The Labute approximate surface area is 168 Å². The smallest absolute Gasteiger partial charge is 0.411 e. The minimum absolute atomic E-state index is 0.0862. The van der Waals surface area contributed by atoms with Crippen LogP contribution in [0, 0.1) is 0 Å². The Kier molecular flexibility index (Phi) is 10.1. The Balaban J connectivity index is 1.82. The molecule has 0 radical (unpaired) electrons. The molecule has 0 aliphatic rings. The number of alkyl halides is 1. The van der Waals surface area contributed by atoms with E-state index in [9.17, 15) is 9.18 Å². The van der Waals surface area contributed by atoms with E-state index in [-0.39, 0.29) is 6.61 Å². The molecule has 2 aromatic rings. The number of amides is 1. The van der Waals surface area contributed by atoms with Crippen LogP contribution in [0.3, 0.4) is 0 Å². The van der Waals surface area contributed by atoms with Crippen LogP contribution in [0.15, 0.2) is 36.7 Å². The summed E-state index contributed by atoms with van der Waals surface area (Å²) in [5.74, 6) is 0.477. The number of rotatable bonds is 12. The number of halogens is 1. The summed E-state index contributed by atoms with van der Waals surface area (Å²) in [4.78, 5) is 19.7. The summed E-state index contributed by atoms with van der Waals surface area (Å²) in [6.45, 7) is 1.02. The van der Waals surface area contributed by atoms with E-state index < -0.39 is 12.8 Å². The fourth-order valence-electron chi connectivity index (χ4n) is 2.15. The zero-order valence-electron chi connectivity index (χ0n) is 16.2. The molecular formula is C20H24FN3O5. The standard InChI is InChI=1S/C20H24FN3O5/c1-26-20(25)24-18-7-6-17(23-15-18)5-4-16-3-2-9-22-19(16)29-14-13-28-12-11-27-10-8-21/h2-7,9,15H,8,10-14H2,1H3,(H,24,25)/b5-4+. The van der Waals surface area contributed by atoms with Gasteiger partial charge in [0.25, 0.3) is 0 Å². The van der Waals surface area contributed by atoms with Gasteiger partial charge in [0.15, 0.2) is 0 Å². The predicted octanol–water partition coefficient (Wildman–Crippen LogP) is 3.21. The molecule has 9 heteroatoms. The average Bonchev–Trinajstić information content (AvgIpc) is 2.75. The number of carbonyl (C=O) groups excluding carboxylic acids is 1. The molecule has 0 atom stereocenters. The summed E-state index contributed by atoms with van der Waals surface area (Å²) >= 11 is 0. The van der Waals surface area contributed by atoms with Gasteiger partial charge in [0.05, 0.1) is 51.1 Å². The second-order valence-electron chi connectivity index (χ2n) is 5.58. The minimum Gasteiger partial charge on any atom is -0.475 e. The first-order chi connectivity index (χ1) is 14.2. The number of pyridine rings is 2. The van der Waals surface area contributed by atoms with Crippen molar-refractivity contribution in [3.8, 4) is 5.88 Å². The Morgan fingerprint density at radius 3 is 2.59 bits per heavy atom. The maximum absolute atomic E-state index is 11.9. The highest BCUT2D eigenvalue weighted by molar-refractivity contribution is 5.84. The lowest BCUT2D eigenvalue weighted by molar-refractivity contribution is 0.0320. The molecule has 29 heavy (non-hydrogen) atoms. The van der Waals surface area contributed by atoms with Gasteiger partial charge in [0.2, 0.25) is 5.88 Å². The molecule has 1 N–H and O–H groups in total. The van der Waals surface area contributed by atoms with Crippen molar-refractivity contribution >= 4 is 23.9 Å². The van der Waals surface area contributed by atoms with Crippen molar-refractivity contribution < 1.29 is 28.1 Å². The van der Waals surface area contributed by atoms with Crippen LogP contribution in [0.2, 0.25) is 0 Å². The Hall–Kier alpha value is -3.04. The summed E-state index contributed by atoms with van der Waals surface area (Å²) in [5, 5.41) is 2.54. The first kappa shape index (κ1) is 22.3. The van der Waals surface area contributed by atoms with Crippen molar-refractivity contribution in [3.05, 3.63) is 47.9 Å². The molecule has 156 valence electrons. The first-order valence-electron chi connectivity index (χ1n) is 9.01. The van der Waals surface area contributed by atoms with Crippen LogP contribution >= 0.6 is 0 Å². The van der Waals surface area contributed by atoms with Gasteiger partial charge < -0.3 is 18.9 Å². The molecule has 1 amide bonds. The van der Waals surface area contributed by atoms with Gasteiger partial charge in [-0.15, -0.1) is 0 Å². The van der Waals surface area contributed by atoms with Crippen molar-refractivity contribution in [1.29, 1.82) is 0 Å². The Bertz CT molecular complexity index is 771. The molecule has 0 unspecified atom stereocenters. The fraction of sp³-hybridized carbons (Fsp3) is 0.350. The highest BCUT2D eigenvalue weighted by Crippen LogP contribution is 2.17. The molecule has 0 saturated heterocycles. The lowest BCUT2D eigenvalue weighted by atomic mass is 10.2. The molecule has 0 aliphatic carbocycles. The monoisotopic (exact) mass is 405 g/mol. The van der Waals surface area contributed by atoms with Gasteiger partial charge in [-0.1, -0.05) is 0 Å². The first-order valence-corrected chi connectivity index (χ1v) is 9.01. The van der Waals surface area contributed by atoms with Crippen LogP contribution in [-0.4, -0.2) is 62.9 Å². The Morgan fingerprint density at radius 2 is 1.86 bits per heavy atom. The average molecular weight is 405 g/mol. The quantitative estimate of drug-likeness (QED) is 0.542. The predicted molar refractivity (Wildman–Crippen MR) is 107 cm³/mol. The summed E-state index contributed by atoms with van der Waals surface area (Å²) in [5.41, 5.74) is 2.03. The number of hydrogen-bond acceptors (Lipinski definition) is 7. The SMILES string of the molecule is COC(=O)Nc1ccc(/C=C/c2cccnc2OCCOCCOCCF)nc1. The van der Waals surface area contributed by atoms with Crippen molar-refractivity contribution in [1.82, 2.24) is 9.97 Å². The second-order valence-corrected chi connectivity index (χ2v) is 5.58. The summed E-state index contributed by atoms with van der Waals surface area (Å²) in [7, 11) is 1.29. The van der Waals surface area contributed by atoms with Crippen LogP contribution < -0.4 is 10.1 Å². The number of carbonyl (C=O) groups is 1. The largest absolute Gasteiger partial charge is 0.475 e. The van der Waals surface area contributed by atoms with Crippen LogP contribution in [0.25, 0.3) is 12.2 Å². The van der Waals surface area contributed by atoms with Crippen LogP contribution in [0.4, 0.5) is 14.9 Å².